The van der Waals surface area contributed by atoms with Crippen LogP contribution in [0.4, 0.5) is 4.39 Å². The molecule has 0 aromatic heterocycles. The van der Waals surface area contributed by atoms with E-state index in [4.69, 9.17) is 14.2 Å². The molecule has 0 amide bonds. The molecule has 36 heavy (non-hydrogen) atoms. The fourth-order valence-electron chi connectivity index (χ4n) is 4.70. The lowest BCUT2D eigenvalue weighted by Gasteiger charge is -2.35. The molecule has 0 saturated carbocycles. The van der Waals surface area contributed by atoms with Crippen molar-refractivity contribution in [2.75, 3.05) is 20.3 Å². The summed E-state index contributed by atoms with van der Waals surface area (Å²) in [7, 11) is -2.79. The van der Waals surface area contributed by atoms with Crippen LogP contribution in [0.5, 0.6) is 5.75 Å². The smallest absolute Gasteiger partial charge is 0.325 e. The predicted octanol–water partition coefficient (Wildman–Crippen LogP) is 4.79. The summed E-state index contributed by atoms with van der Waals surface area (Å²) in [5.41, 5.74) is 2.15. The van der Waals surface area contributed by atoms with Gasteiger partial charge in [-0.05, 0) is 75.9 Å². The number of nitrogens with zero attached hydrogens (tertiary/aromatic N) is 1. The van der Waals surface area contributed by atoms with Crippen LogP contribution in [0, 0.1) is 26.6 Å². The summed E-state index contributed by atoms with van der Waals surface area (Å²) in [4.78, 5) is 13.6. The fourth-order valence-corrected chi connectivity index (χ4v) is 6.64. The summed E-state index contributed by atoms with van der Waals surface area (Å²) in [6, 6.07) is 5.06. The zero-order valence-electron chi connectivity index (χ0n) is 22.3. The Bertz CT molecular complexity index is 1250. The van der Waals surface area contributed by atoms with E-state index in [-0.39, 0.29) is 36.0 Å². The van der Waals surface area contributed by atoms with Gasteiger partial charge in [-0.15, -0.1) is 0 Å². The SMILES string of the molecule is COCc1cc(C)cc2c1S(=O)(=O)N([C@H](C(=O)OC(C)(C)C)C(C)c1c(F)ccc(C)c1C)CCO2. The fraction of sp³-hybridized carbons (Fsp3) is 0.519. The van der Waals surface area contributed by atoms with Crippen LogP contribution >= 0.6 is 0 Å². The van der Waals surface area contributed by atoms with Gasteiger partial charge >= 0.3 is 5.97 Å². The number of sulfonamides is 1. The van der Waals surface area contributed by atoms with Gasteiger partial charge in [0.15, 0.2) is 0 Å². The first-order chi connectivity index (χ1) is 16.7. The van der Waals surface area contributed by atoms with Gasteiger partial charge in [-0.1, -0.05) is 19.1 Å². The zero-order chi connectivity index (χ0) is 27.0. The third-order valence-electron chi connectivity index (χ3n) is 6.33. The van der Waals surface area contributed by atoms with E-state index in [0.717, 1.165) is 15.4 Å². The Morgan fingerprint density at radius 3 is 2.47 bits per heavy atom. The largest absolute Gasteiger partial charge is 0.491 e. The number of esters is 1. The van der Waals surface area contributed by atoms with E-state index in [2.05, 4.69) is 0 Å². The van der Waals surface area contributed by atoms with Gasteiger partial charge in [-0.2, -0.15) is 4.31 Å². The number of ether oxygens (including phenoxy) is 3. The molecule has 0 aliphatic carbocycles. The van der Waals surface area contributed by atoms with Gasteiger partial charge in [0.1, 0.15) is 34.7 Å². The standard InChI is InChI=1S/C27H36FNO6S/c1-16-13-20(15-33-8)25-22(14-16)34-12-11-29(36(25,31)32)24(26(30)35-27(5,6)7)19(4)23-18(3)17(2)9-10-21(23)28/h9-10,13-14,19,24H,11-12,15H2,1-8H3/t19?,24-/m0/s1. The van der Waals surface area contributed by atoms with E-state index in [1.165, 1.54) is 13.2 Å². The summed E-state index contributed by atoms with van der Waals surface area (Å²) in [5.74, 6) is -1.88. The quantitative estimate of drug-likeness (QED) is 0.508. The third-order valence-corrected chi connectivity index (χ3v) is 8.34. The average molecular weight is 522 g/mol. The minimum atomic E-state index is -4.27. The number of hydrogen-bond acceptors (Lipinski definition) is 6. The average Bonchev–Trinajstić information content (AvgIpc) is 2.86. The highest BCUT2D eigenvalue weighted by Gasteiger charge is 2.45. The lowest BCUT2D eigenvalue weighted by atomic mass is 9.87. The molecule has 0 radical (unpaired) electrons. The van der Waals surface area contributed by atoms with Crippen molar-refractivity contribution in [2.45, 2.75) is 77.5 Å². The number of hydrogen-bond donors (Lipinski definition) is 0. The Morgan fingerprint density at radius 1 is 1.19 bits per heavy atom. The van der Waals surface area contributed by atoms with Crippen molar-refractivity contribution in [1.29, 1.82) is 0 Å². The van der Waals surface area contributed by atoms with Gasteiger partial charge in [0.2, 0.25) is 10.0 Å². The molecule has 0 spiro atoms. The van der Waals surface area contributed by atoms with Gasteiger partial charge in [-0.25, -0.2) is 12.8 Å². The van der Waals surface area contributed by atoms with Crippen LogP contribution in [0.15, 0.2) is 29.2 Å². The molecule has 2 aromatic carbocycles. The second kappa shape index (κ2) is 10.5. The van der Waals surface area contributed by atoms with E-state index in [1.807, 2.05) is 13.8 Å². The lowest BCUT2D eigenvalue weighted by molar-refractivity contribution is -0.160. The summed E-state index contributed by atoms with van der Waals surface area (Å²) in [5, 5.41) is 0. The van der Waals surface area contributed by atoms with Crippen molar-refractivity contribution in [2.24, 2.45) is 0 Å². The molecule has 2 aromatic rings. The Kier molecular flexibility index (Phi) is 8.17. The Hall–Kier alpha value is -2.49. The molecule has 0 fully saturated rings. The molecular formula is C27H36FNO6S. The number of carbonyl (C=O) groups is 1. The van der Waals surface area contributed by atoms with Crippen LogP contribution in [0.1, 0.15) is 61.4 Å². The second-order valence-electron chi connectivity index (χ2n) is 10.3. The highest BCUT2D eigenvalue weighted by Crippen LogP contribution is 2.39. The lowest BCUT2D eigenvalue weighted by Crippen LogP contribution is -2.51. The molecule has 0 bridgehead atoms. The van der Waals surface area contributed by atoms with Crippen molar-refractivity contribution in [3.8, 4) is 5.75 Å². The first kappa shape index (κ1) is 28.1. The molecular weight excluding hydrogens is 485 g/mol. The molecule has 3 rings (SSSR count). The van der Waals surface area contributed by atoms with Crippen LogP contribution in [-0.2, 0) is 30.9 Å². The van der Waals surface area contributed by atoms with Gasteiger partial charge in [0.05, 0.1) is 6.61 Å². The van der Waals surface area contributed by atoms with Crippen molar-refractivity contribution in [1.82, 2.24) is 4.31 Å². The maximum atomic E-state index is 15.2. The second-order valence-corrected chi connectivity index (χ2v) is 12.1. The molecule has 1 unspecified atom stereocenters. The van der Waals surface area contributed by atoms with Gasteiger partial charge in [-0.3, -0.25) is 4.79 Å². The van der Waals surface area contributed by atoms with E-state index in [0.29, 0.717) is 11.1 Å². The zero-order valence-corrected chi connectivity index (χ0v) is 23.1. The number of rotatable bonds is 6. The molecule has 2 atom stereocenters. The Morgan fingerprint density at radius 2 is 1.86 bits per heavy atom. The van der Waals surface area contributed by atoms with Crippen molar-refractivity contribution < 1.29 is 31.8 Å². The highest BCUT2D eigenvalue weighted by molar-refractivity contribution is 7.89. The molecule has 9 heteroatoms. The minimum Gasteiger partial charge on any atom is -0.491 e. The minimum absolute atomic E-state index is 0.0173. The first-order valence-corrected chi connectivity index (χ1v) is 13.4. The molecule has 1 aliphatic rings. The van der Waals surface area contributed by atoms with Crippen LogP contribution in [0.25, 0.3) is 0 Å². The van der Waals surface area contributed by atoms with Gasteiger partial charge in [0.25, 0.3) is 0 Å². The summed E-state index contributed by atoms with van der Waals surface area (Å²) < 4.78 is 61.5. The van der Waals surface area contributed by atoms with Crippen LogP contribution < -0.4 is 4.74 Å². The molecule has 198 valence electrons. The van der Waals surface area contributed by atoms with Gasteiger partial charge in [0, 0.05) is 25.1 Å². The third kappa shape index (κ3) is 5.58. The van der Waals surface area contributed by atoms with Crippen LogP contribution in [0.2, 0.25) is 0 Å². The number of fused-ring (bicyclic) bond motifs is 1. The van der Waals surface area contributed by atoms with E-state index < -0.39 is 39.4 Å². The van der Waals surface area contributed by atoms with Crippen LogP contribution in [-0.4, -0.2) is 50.6 Å². The van der Waals surface area contributed by atoms with Crippen molar-refractivity contribution >= 4 is 16.0 Å². The molecule has 0 saturated heterocycles. The molecule has 7 nitrogen and oxygen atoms in total. The maximum absolute atomic E-state index is 15.2. The molecule has 1 heterocycles. The summed E-state index contributed by atoms with van der Waals surface area (Å²) in [6.45, 7) is 12.2. The summed E-state index contributed by atoms with van der Waals surface area (Å²) in [6.07, 6.45) is 0. The number of methoxy groups -OCH3 is 1. The molecule has 1 aliphatic heterocycles. The Labute approximate surface area is 213 Å². The number of aryl methyl sites for hydroxylation is 2. The van der Waals surface area contributed by atoms with Crippen molar-refractivity contribution in [3.63, 3.8) is 0 Å². The van der Waals surface area contributed by atoms with Gasteiger partial charge < -0.3 is 14.2 Å². The van der Waals surface area contributed by atoms with E-state index >= 15 is 4.39 Å². The topological polar surface area (TPSA) is 82.1 Å². The summed E-state index contributed by atoms with van der Waals surface area (Å²) >= 11 is 0. The first-order valence-electron chi connectivity index (χ1n) is 11.9. The van der Waals surface area contributed by atoms with Crippen molar-refractivity contribution in [3.05, 3.63) is 57.9 Å². The normalized spacial score (nSPS) is 17.5. The number of carbonyl (C=O) groups excluding carboxylic acids is 1. The highest BCUT2D eigenvalue weighted by atomic mass is 32.2. The van der Waals surface area contributed by atoms with E-state index in [1.54, 1.807) is 52.8 Å². The maximum Gasteiger partial charge on any atom is 0.325 e. The number of halogens is 1. The van der Waals surface area contributed by atoms with E-state index in [9.17, 15) is 13.2 Å². The molecule has 0 N–H and O–H groups in total. The monoisotopic (exact) mass is 521 g/mol. The van der Waals surface area contributed by atoms with Crippen LogP contribution in [0.3, 0.4) is 0 Å². The Balaban J connectivity index is 2.25. The predicted molar refractivity (Wildman–Crippen MR) is 135 cm³/mol. The number of benzene rings is 2.